The molecule has 0 amide bonds. The lowest BCUT2D eigenvalue weighted by Gasteiger charge is -2.28. The van der Waals surface area contributed by atoms with Crippen molar-refractivity contribution in [2.75, 3.05) is 14.1 Å². The number of nitrogens with zero attached hydrogens (tertiary/aromatic N) is 1. The number of benzene rings is 2. The molecular formula is C19H22NO5PS. The molecule has 0 saturated carbocycles. The van der Waals surface area contributed by atoms with Gasteiger partial charge in [-0.15, -0.1) is 11.3 Å². The van der Waals surface area contributed by atoms with Crippen LogP contribution in [-0.4, -0.2) is 35.0 Å². The van der Waals surface area contributed by atoms with Crippen molar-refractivity contribution >= 4 is 29.9 Å². The normalized spacial score (nSPS) is 14.4. The molecule has 0 aliphatic rings. The van der Waals surface area contributed by atoms with Crippen LogP contribution in [0.5, 0.6) is 5.75 Å². The minimum atomic E-state index is -4.62. The van der Waals surface area contributed by atoms with Gasteiger partial charge in [0.1, 0.15) is 18.1 Å². The first-order valence-electron chi connectivity index (χ1n) is 8.42. The van der Waals surface area contributed by atoms with Crippen LogP contribution in [0.25, 0.3) is 10.8 Å². The van der Waals surface area contributed by atoms with E-state index in [9.17, 15) is 14.4 Å². The molecule has 2 N–H and O–H groups in total. The second kappa shape index (κ2) is 8.52. The molecule has 0 radical (unpaired) electrons. The Bertz CT molecular complexity index is 920. The monoisotopic (exact) mass is 407 g/mol. The maximum atomic E-state index is 11.4. The number of hydrogen-bond donors (Lipinski definition) is 2. The summed E-state index contributed by atoms with van der Waals surface area (Å²) in [5, 5.41) is 4.00. The first-order valence-corrected chi connectivity index (χ1v) is 10.8. The fraction of sp³-hybridized carbons (Fsp3) is 0.263. The highest BCUT2D eigenvalue weighted by Gasteiger charge is 2.29. The van der Waals surface area contributed by atoms with Crippen molar-refractivity contribution in [3.63, 3.8) is 0 Å². The number of ether oxygens (including phenoxy) is 1. The summed E-state index contributed by atoms with van der Waals surface area (Å²) in [5.74, 6) is 0.722. The van der Waals surface area contributed by atoms with Gasteiger partial charge in [-0.1, -0.05) is 42.5 Å². The molecule has 8 heteroatoms. The van der Waals surface area contributed by atoms with E-state index in [1.807, 2.05) is 60.0 Å². The van der Waals surface area contributed by atoms with Gasteiger partial charge in [0, 0.05) is 16.7 Å². The highest BCUT2D eigenvalue weighted by Crippen LogP contribution is 2.41. The van der Waals surface area contributed by atoms with E-state index < -0.39 is 20.2 Å². The largest absolute Gasteiger partial charge is 0.484 e. The van der Waals surface area contributed by atoms with E-state index >= 15 is 0 Å². The molecule has 3 aromatic rings. The third-order valence-corrected chi connectivity index (χ3v) is 5.61. The standard InChI is InChI=1S/C19H22NO5PS/c1-20(2)19(25-26(21,22)23)13-17(18-11-6-12-27-18)24-16-10-5-8-14-7-3-4-9-15(14)16/h3-12,17,19H,13H2,1-2H3,(H2,21,22,23)/t17-,19?/m0/s1. The Morgan fingerprint density at radius 3 is 2.48 bits per heavy atom. The maximum Gasteiger partial charge on any atom is 0.471 e. The molecule has 2 aromatic carbocycles. The van der Waals surface area contributed by atoms with E-state index in [-0.39, 0.29) is 6.42 Å². The van der Waals surface area contributed by atoms with Crippen molar-refractivity contribution in [2.45, 2.75) is 18.8 Å². The Balaban J connectivity index is 1.91. The fourth-order valence-corrected chi connectivity index (χ4v) is 4.20. The predicted octanol–water partition coefficient (Wildman–Crippen LogP) is 4.41. The van der Waals surface area contributed by atoms with Crippen LogP contribution in [0.15, 0.2) is 60.0 Å². The first kappa shape index (κ1) is 20.0. The molecule has 1 aromatic heterocycles. The topological polar surface area (TPSA) is 79.2 Å². The summed E-state index contributed by atoms with van der Waals surface area (Å²) in [4.78, 5) is 21.1. The molecule has 3 rings (SSSR count). The van der Waals surface area contributed by atoms with Crippen LogP contribution in [-0.2, 0) is 9.09 Å². The second-order valence-electron chi connectivity index (χ2n) is 6.35. The van der Waals surface area contributed by atoms with Crippen molar-refractivity contribution in [3.8, 4) is 5.75 Å². The van der Waals surface area contributed by atoms with Gasteiger partial charge >= 0.3 is 7.82 Å². The van der Waals surface area contributed by atoms with Gasteiger partial charge in [0.2, 0.25) is 0 Å². The van der Waals surface area contributed by atoms with Crippen LogP contribution in [0.2, 0.25) is 0 Å². The molecule has 0 spiro atoms. The number of phosphoric acid groups is 1. The Labute approximate surface area is 162 Å². The lowest BCUT2D eigenvalue weighted by molar-refractivity contribution is 0.00158. The Hall–Kier alpha value is -1.73. The summed E-state index contributed by atoms with van der Waals surface area (Å²) in [6, 6.07) is 17.7. The van der Waals surface area contributed by atoms with Crippen LogP contribution < -0.4 is 4.74 Å². The number of phosphoric ester groups is 1. The summed E-state index contributed by atoms with van der Waals surface area (Å²) < 4.78 is 22.6. The maximum absolute atomic E-state index is 11.4. The van der Waals surface area contributed by atoms with E-state index in [1.54, 1.807) is 19.0 Å². The quantitative estimate of drug-likeness (QED) is 0.425. The lowest BCUT2D eigenvalue weighted by Crippen LogP contribution is -2.32. The summed E-state index contributed by atoms with van der Waals surface area (Å²) in [7, 11) is -1.20. The number of hydrogen-bond acceptors (Lipinski definition) is 5. The van der Waals surface area contributed by atoms with E-state index in [2.05, 4.69) is 0 Å². The van der Waals surface area contributed by atoms with Gasteiger partial charge < -0.3 is 14.5 Å². The Morgan fingerprint density at radius 2 is 1.81 bits per heavy atom. The van der Waals surface area contributed by atoms with E-state index in [0.29, 0.717) is 0 Å². The molecule has 144 valence electrons. The predicted molar refractivity (Wildman–Crippen MR) is 107 cm³/mol. The number of thiophene rings is 1. The minimum absolute atomic E-state index is 0.266. The first-order chi connectivity index (χ1) is 12.8. The van der Waals surface area contributed by atoms with Gasteiger partial charge in [-0.05, 0) is 37.0 Å². The number of rotatable bonds is 8. The summed E-state index contributed by atoms with van der Waals surface area (Å²) in [6.07, 6.45) is -0.940. The summed E-state index contributed by atoms with van der Waals surface area (Å²) in [5.41, 5.74) is 0. The zero-order valence-electron chi connectivity index (χ0n) is 15.1. The average Bonchev–Trinajstić information content (AvgIpc) is 3.14. The van der Waals surface area contributed by atoms with Gasteiger partial charge in [0.05, 0.1) is 0 Å². The molecule has 0 saturated heterocycles. The van der Waals surface area contributed by atoms with Crippen LogP contribution in [0, 0.1) is 0 Å². The zero-order valence-corrected chi connectivity index (χ0v) is 16.8. The van der Waals surface area contributed by atoms with Gasteiger partial charge in [0.15, 0.2) is 0 Å². The molecule has 0 aliphatic heterocycles. The lowest BCUT2D eigenvalue weighted by atomic mass is 10.1. The average molecular weight is 407 g/mol. The molecule has 2 atom stereocenters. The molecule has 0 bridgehead atoms. The van der Waals surface area contributed by atoms with E-state index in [1.165, 1.54) is 11.3 Å². The summed E-state index contributed by atoms with van der Waals surface area (Å²) in [6.45, 7) is 0. The molecule has 0 aliphatic carbocycles. The van der Waals surface area contributed by atoms with Crippen LogP contribution in [0.3, 0.4) is 0 Å². The van der Waals surface area contributed by atoms with Crippen molar-refractivity contribution in [1.82, 2.24) is 4.90 Å². The second-order valence-corrected chi connectivity index (χ2v) is 8.52. The smallest absolute Gasteiger partial charge is 0.471 e. The molecule has 1 heterocycles. The van der Waals surface area contributed by atoms with Crippen molar-refractivity contribution < 1.29 is 23.6 Å². The van der Waals surface area contributed by atoms with Crippen LogP contribution in [0.1, 0.15) is 17.4 Å². The van der Waals surface area contributed by atoms with Crippen molar-refractivity contribution in [1.29, 1.82) is 0 Å². The third-order valence-electron chi connectivity index (χ3n) is 4.13. The summed E-state index contributed by atoms with van der Waals surface area (Å²) >= 11 is 1.53. The van der Waals surface area contributed by atoms with E-state index in [0.717, 1.165) is 21.4 Å². The minimum Gasteiger partial charge on any atom is -0.484 e. The number of fused-ring (bicyclic) bond motifs is 1. The van der Waals surface area contributed by atoms with Gasteiger partial charge in [-0.2, -0.15) is 0 Å². The van der Waals surface area contributed by atoms with Crippen molar-refractivity contribution in [2.24, 2.45) is 0 Å². The third kappa shape index (κ3) is 5.39. The van der Waals surface area contributed by atoms with Crippen molar-refractivity contribution in [3.05, 3.63) is 64.9 Å². The highest BCUT2D eigenvalue weighted by molar-refractivity contribution is 7.46. The molecule has 0 fully saturated rings. The molecule has 6 nitrogen and oxygen atoms in total. The van der Waals surface area contributed by atoms with E-state index in [4.69, 9.17) is 9.26 Å². The van der Waals surface area contributed by atoms with Gasteiger partial charge in [-0.3, -0.25) is 9.42 Å². The van der Waals surface area contributed by atoms with Crippen LogP contribution >= 0.6 is 19.2 Å². The SMILES string of the molecule is CN(C)C(C[C@H](Oc1cccc2ccccc12)c1cccs1)OP(=O)(O)O. The fourth-order valence-electron chi connectivity index (χ4n) is 2.84. The van der Waals surface area contributed by atoms with Crippen LogP contribution in [0.4, 0.5) is 0 Å². The van der Waals surface area contributed by atoms with Gasteiger partial charge in [-0.25, -0.2) is 4.57 Å². The molecule has 1 unspecified atom stereocenters. The Morgan fingerprint density at radius 1 is 1.07 bits per heavy atom. The molecule has 27 heavy (non-hydrogen) atoms. The Kier molecular flexibility index (Phi) is 6.32. The van der Waals surface area contributed by atoms with Gasteiger partial charge in [0.25, 0.3) is 0 Å². The molecular weight excluding hydrogens is 385 g/mol. The zero-order chi connectivity index (χ0) is 19.4. The highest BCUT2D eigenvalue weighted by atomic mass is 32.1.